The summed E-state index contributed by atoms with van der Waals surface area (Å²) in [7, 11) is 0. The monoisotopic (exact) mass is 261 g/mol. The molecule has 1 saturated heterocycles. The molecule has 3 rings (SSSR count). The molecule has 1 saturated carbocycles. The summed E-state index contributed by atoms with van der Waals surface area (Å²) < 4.78 is 0. The second-order valence-corrected chi connectivity index (χ2v) is 5.57. The Kier molecular flexibility index (Phi) is 3.36. The Bertz CT molecular complexity index is 454. The number of aliphatic carboxylic acids is 1. The van der Waals surface area contributed by atoms with Gasteiger partial charge in [0.05, 0.1) is 5.92 Å². The summed E-state index contributed by atoms with van der Waals surface area (Å²) in [5.41, 5.74) is 1.23. The molecule has 0 radical (unpaired) electrons. The summed E-state index contributed by atoms with van der Waals surface area (Å²) in [5.74, 6) is 0.299. The van der Waals surface area contributed by atoms with Gasteiger partial charge in [0.15, 0.2) is 0 Å². The summed E-state index contributed by atoms with van der Waals surface area (Å²) in [6.45, 7) is 1.26. The fraction of sp³-hybridized carbons (Fsp3) is 0.643. The summed E-state index contributed by atoms with van der Waals surface area (Å²) in [5, 5.41) is 9.00. The quantitative estimate of drug-likeness (QED) is 0.902. The smallest absolute Gasteiger partial charge is 0.308 e. The first-order valence-electron chi connectivity index (χ1n) is 7.04. The average Bonchev–Trinajstić information content (AvgIpc) is 3.11. The Morgan fingerprint density at radius 2 is 1.89 bits per heavy atom. The minimum Gasteiger partial charge on any atom is -0.481 e. The number of carboxylic acids is 1. The number of nitrogens with zero attached hydrogens (tertiary/aromatic N) is 3. The second-order valence-electron chi connectivity index (χ2n) is 5.57. The van der Waals surface area contributed by atoms with E-state index >= 15 is 0 Å². The summed E-state index contributed by atoms with van der Waals surface area (Å²) in [6, 6.07) is 0. The normalized spacial score (nSPS) is 24.0. The lowest BCUT2D eigenvalue weighted by Gasteiger charge is -2.16. The Morgan fingerprint density at radius 3 is 2.47 bits per heavy atom. The molecule has 2 heterocycles. The molecule has 1 aromatic heterocycles. The number of rotatable bonds is 3. The lowest BCUT2D eigenvalue weighted by molar-refractivity contribution is -0.140. The van der Waals surface area contributed by atoms with Crippen LogP contribution in [0.2, 0.25) is 0 Å². The molecule has 1 unspecified atom stereocenters. The molecule has 5 heteroatoms. The van der Waals surface area contributed by atoms with E-state index in [-0.39, 0.29) is 5.92 Å². The van der Waals surface area contributed by atoms with Crippen LogP contribution in [0.25, 0.3) is 0 Å². The zero-order chi connectivity index (χ0) is 13.2. The molecule has 1 aliphatic heterocycles. The number of anilines is 1. The lowest BCUT2D eigenvalue weighted by atomic mass is 10.0. The lowest BCUT2D eigenvalue weighted by Crippen LogP contribution is -2.24. The minimum atomic E-state index is -0.718. The zero-order valence-electron chi connectivity index (χ0n) is 11.0. The van der Waals surface area contributed by atoms with Crippen molar-refractivity contribution >= 4 is 11.9 Å². The number of carboxylic acid groups (broad SMARTS) is 1. The van der Waals surface area contributed by atoms with E-state index in [4.69, 9.17) is 5.11 Å². The summed E-state index contributed by atoms with van der Waals surface area (Å²) in [4.78, 5) is 21.8. The molecule has 2 fully saturated rings. The van der Waals surface area contributed by atoms with Gasteiger partial charge in [-0.05, 0) is 30.7 Å². The molecule has 1 N–H and O–H groups in total. The maximum atomic E-state index is 10.9. The fourth-order valence-corrected chi connectivity index (χ4v) is 3.11. The molecule has 0 spiro atoms. The van der Waals surface area contributed by atoms with Gasteiger partial charge in [-0.15, -0.1) is 0 Å². The van der Waals surface area contributed by atoms with Crippen LogP contribution in [0, 0.1) is 5.92 Å². The van der Waals surface area contributed by atoms with Crippen molar-refractivity contribution in [1.82, 2.24) is 9.97 Å². The van der Waals surface area contributed by atoms with E-state index in [0.29, 0.717) is 24.8 Å². The van der Waals surface area contributed by atoms with Gasteiger partial charge in [0.2, 0.25) is 5.95 Å². The van der Waals surface area contributed by atoms with Crippen LogP contribution < -0.4 is 4.90 Å². The van der Waals surface area contributed by atoms with E-state index in [2.05, 4.69) is 9.97 Å². The van der Waals surface area contributed by atoms with Crippen molar-refractivity contribution in [3.8, 4) is 0 Å². The van der Waals surface area contributed by atoms with Crippen LogP contribution in [0.1, 0.15) is 43.6 Å². The maximum Gasteiger partial charge on any atom is 0.308 e. The topological polar surface area (TPSA) is 66.3 Å². The van der Waals surface area contributed by atoms with Gasteiger partial charge in [0.25, 0.3) is 0 Å². The van der Waals surface area contributed by atoms with Gasteiger partial charge in [-0.3, -0.25) is 4.79 Å². The van der Waals surface area contributed by atoms with Crippen molar-refractivity contribution in [3.63, 3.8) is 0 Å². The van der Waals surface area contributed by atoms with Gasteiger partial charge >= 0.3 is 5.97 Å². The number of carbonyl (C=O) groups is 1. The van der Waals surface area contributed by atoms with Crippen molar-refractivity contribution in [1.29, 1.82) is 0 Å². The van der Waals surface area contributed by atoms with Crippen molar-refractivity contribution in [2.24, 2.45) is 5.92 Å². The van der Waals surface area contributed by atoms with Crippen molar-refractivity contribution in [2.75, 3.05) is 18.0 Å². The van der Waals surface area contributed by atoms with Gasteiger partial charge in [-0.25, -0.2) is 9.97 Å². The molecule has 1 atom stereocenters. The molecule has 0 amide bonds. The predicted molar refractivity (Wildman–Crippen MR) is 71.2 cm³/mol. The van der Waals surface area contributed by atoms with Crippen LogP contribution in [0.3, 0.4) is 0 Å². The van der Waals surface area contributed by atoms with E-state index in [1.165, 1.54) is 31.2 Å². The zero-order valence-corrected chi connectivity index (χ0v) is 11.0. The van der Waals surface area contributed by atoms with Gasteiger partial charge in [0.1, 0.15) is 0 Å². The predicted octanol–water partition coefficient (Wildman–Crippen LogP) is 2.05. The van der Waals surface area contributed by atoms with E-state index in [0.717, 1.165) is 6.54 Å². The Hall–Kier alpha value is -1.65. The maximum absolute atomic E-state index is 10.9. The number of hydrogen-bond donors (Lipinski definition) is 1. The highest BCUT2D eigenvalue weighted by atomic mass is 16.4. The molecule has 0 bridgehead atoms. The molecule has 1 aromatic rings. The Morgan fingerprint density at radius 1 is 1.21 bits per heavy atom. The summed E-state index contributed by atoms with van der Waals surface area (Å²) >= 11 is 0. The van der Waals surface area contributed by atoms with E-state index in [9.17, 15) is 4.79 Å². The number of aromatic nitrogens is 2. The Labute approximate surface area is 112 Å². The first kappa shape index (κ1) is 12.4. The highest BCUT2D eigenvalue weighted by Crippen LogP contribution is 2.33. The van der Waals surface area contributed by atoms with Crippen LogP contribution in [0.4, 0.5) is 5.95 Å². The molecule has 0 aromatic carbocycles. The van der Waals surface area contributed by atoms with Crippen molar-refractivity contribution in [3.05, 3.63) is 18.0 Å². The molecular weight excluding hydrogens is 242 g/mol. The van der Waals surface area contributed by atoms with Crippen molar-refractivity contribution in [2.45, 2.75) is 38.0 Å². The fourth-order valence-electron chi connectivity index (χ4n) is 3.11. The van der Waals surface area contributed by atoms with Gasteiger partial charge < -0.3 is 10.0 Å². The average molecular weight is 261 g/mol. The van der Waals surface area contributed by atoms with E-state index < -0.39 is 5.97 Å². The molecule has 2 aliphatic rings. The number of hydrogen-bond acceptors (Lipinski definition) is 4. The van der Waals surface area contributed by atoms with Gasteiger partial charge in [0, 0.05) is 25.5 Å². The van der Waals surface area contributed by atoms with Crippen LogP contribution in [0.5, 0.6) is 0 Å². The summed E-state index contributed by atoms with van der Waals surface area (Å²) in [6.07, 6.45) is 9.63. The third kappa shape index (κ3) is 2.55. The molecule has 102 valence electrons. The van der Waals surface area contributed by atoms with Crippen LogP contribution in [0.15, 0.2) is 12.4 Å². The largest absolute Gasteiger partial charge is 0.481 e. The second kappa shape index (κ2) is 5.15. The first-order chi connectivity index (χ1) is 9.24. The first-order valence-corrected chi connectivity index (χ1v) is 7.04. The van der Waals surface area contributed by atoms with Gasteiger partial charge in [-0.2, -0.15) is 0 Å². The molecule has 19 heavy (non-hydrogen) atoms. The Balaban J connectivity index is 1.67. The third-order valence-electron chi connectivity index (χ3n) is 4.31. The van der Waals surface area contributed by atoms with Crippen LogP contribution in [-0.2, 0) is 4.79 Å². The van der Waals surface area contributed by atoms with Crippen LogP contribution in [-0.4, -0.2) is 34.1 Å². The van der Waals surface area contributed by atoms with E-state index in [1.807, 2.05) is 17.3 Å². The highest BCUT2D eigenvalue weighted by Gasteiger charge is 2.29. The molecular formula is C14H19N3O2. The SMILES string of the molecule is O=C(O)C1CCN(c2ncc(C3CCCC3)cn2)C1. The molecule has 1 aliphatic carbocycles. The standard InChI is InChI=1S/C14H19N3O2/c18-13(19)11-5-6-17(9-11)14-15-7-12(8-16-14)10-3-1-2-4-10/h7-8,10-11H,1-6,9H2,(H,18,19). The highest BCUT2D eigenvalue weighted by molar-refractivity contribution is 5.71. The van der Waals surface area contributed by atoms with Gasteiger partial charge in [-0.1, -0.05) is 12.8 Å². The van der Waals surface area contributed by atoms with Crippen LogP contribution >= 0.6 is 0 Å². The third-order valence-corrected chi connectivity index (χ3v) is 4.31. The van der Waals surface area contributed by atoms with E-state index in [1.54, 1.807) is 0 Å². The molecule has 5 nitrogen and oxygen atoms in total. The van der Waals surface area contributed by atoms with Crippen molar-refractivity contribution < 1.29 is 9.90 Å². The minimum absolute atomic E-state index is 0.280.